The SMILES string of the molecule is COc1ccc(C(=O)/C=C/c2csc(-c3ccc(Cl)cc3)n2)cc1OC. The quantitative estimate of drug-likeness (QED) is 0.422. The van der Waals surface area contributed by atoms with Crippen molar-refractivity contribution in [3.8, 4) is 22.1 Å². The van der Waals surface area contributed by atoms with Gasteiger partial charge in [-0.15, -0.1) is 11.3 Å². The smallest absolute Gasteiger partial charge is 0.186 e. The number of hydrogen-bond donors (Lipinski definition) is 0. The van der Waals surface area contributed by atoms with Gasteiger partial charge in [-0.3, -0.25) is 4.79 Å². The molecule has 6 heteroatoms. The van der Waals surface area contributed by atoms with Crippen molar-refractivity contribution in [2.75, 3.05) is 14.2 Å². The van der Waals surface area contributed by atoms with Crippen LogP contribution in [0.1, 0.15) is 16.1 Å². The van der Waals surface area contributed by atoms with Crippen LogP contribution in [-0.2, 0) is 0 Å². The molecule has 0 aliphatic heterocycles. The molecular weight excluding hydrogens is 370 g/mol. The molecule has 0 saturated carbocycles. The number of ether oxygens (including phenoxy) is 2. The lowest BCUT2D eigenvalue weighted by Crippen LogP contribution is -1.97. The third-order valence-corrected chi connectivity index (χ3v) is 4.85. The molecule has 1 heterocycles. The molecule has 0 unspecified atom stereocenters. The normalized spacial score (nSPS) is 10.9. The summed E-state index contributed by atoms with van der Waals surface area (Å²) in [4.78, 5) is 16.9. The second-order valence-electron chi connectivity index (χ2n) is 5.35. The zero-order valence-electron chi connectivity index (χ0n) is 14.2. The van der Waals surface area contributed by atoms with Crippen LogP contribution in [0.4, 0.5) is 0 Å². The first-order valence-corrected chi connectivity index (χ1v) is 9.02. The maximum atomic E-state index is 12.4. The molecule has 3 aromatic rings. The van der Waals surface area contributed by atoms with E-state index in [0.29, 0.717) is 22.1 Å². The zero-order valence-corrected chi connectivity index (χ0v) is 15.8. The Morgan fingerprint density at radius 3 is 2.50 bits per heavy atom. The van der Waals surface area contributed by atoms with Crippen LogP contribution in [0.25, 0.3) is 16.6 Å². The molecule has 4 nitrogen and oxygen atoms in total. The van der Waals surface area contributed by atoms with Crippen LogP contribution < -0.4 is 9.47 Å². The molecule has 0 aliphatic carbocycles. The number of halogens is 1. The summed E-state index contributed by atoms with van der Waals surface area (Å²) in [6.07, 6.45) is 3.21. The molecule has 26 heavy (non-hydrogen) atoms. The Hall–Kier alpha value is -2.63. The highest BCUT2D eigenvalue weighted by molar-refractivity contribution is 7.13. The number of benzene rings is 2. The van der Waals surface area contributed by atoms with E-state index in [1.54, 1.807) is 31.4 Å². The number of thiazole rings is 1. The number of ketones is 1. The molecule has 0 amide bonds. The minimum atomic E-state index is -0.132. The topological polar surface area (TPSA) is 48.4 Å². The molecule has 132 valence electrons. The number of rotatable bonds is 6. The largest absolute Gasteiger partial charge is 0.493 e. The Morgan fingerprint density at radius 1 is 1.08 bits per heavy atom. The summed E-state index contributed by atoms with van der Waals surface area (Å²) in [5.41, 5.74) is 2.24. The molecular formula is C20H16ClNO3S. The van der Waals surface area contributed by atoms with Gasteiger partial charge in [0.15, 0.2) is 17.3 Å². The third-order valence-electron chi connectivity index (χ3n) is 3.69. The monoisotopic (exact) mass is 385 g/mol. The highest BCUT2D eigenvalue weighted by Crippen LogP contribution is 2.28. The van der Waals surface area contributed by atoms with Gasteiger partial charge in [0, 0.05) is 21.5 Å². The summed E-state index contributed by atoms with van der Waals surface area (Å²) in [5.74, 6) is 0.970. The molecule has 0 bridgehead atoms. The lowest BCUT2D eigenvalue weighted by atomic mass is 10.1. The predicted molar refractivity (Wildman–Crippen MR) is 105 cm³/mol. The Labute approximate surface area is 160 Å². The van der Waals surface area contributed by atoms with E-state index >= 15 is 0 Å². The van der Waals surface area contributed by atoms with Crippen molar-refractivity contribution < 1.29 is 14.3 Å². The van der Waals surface area contributed by atoms with Crippen molar-refractivity contribution in [2.45, 2.75) is 0 Å². The van der Waals surface area contributed by atoms with Gasteiger partial charge in [0.2, 0.25) is 0 Å². The van der Waals surface area contributed by atoms with Crippen LogP contribution in [0.3, 0.4) is 0 Å². The number of nitrogens with zero attached hydrogens (tertiary/aromatic N) is 1. The highest BCUT2D eigenvalue weighted by Gasteiger charge is 2.09. The van der Waals surface area contributed by atoms with Gasteiger partial charge in [0.25, 0.3) is 0 Å². The van der Waals surface area contributed by atoms with E-state index in [9.17, 15) is 4.79 Å². The Bertz CT molecular complexity index is 948. The van der Waals surface area contributed by atoms with E-state index < -0.39 is 0 Å². The van der Waals surface area contributed by atoms with E-state index in [0.717, 1.165) is 16.3 Å². The number of aromatic nitrogens is 1. The number of hydrogen-bond acceptors (Lipinski definition) is 5. The molecule has 0 fully saturated rings. The van der Waals surface area contributed by atoms with Gasteiger partial charge in [0.05, 0.1) is 19.9 Å². The summed E-state index contributed by atoms with van der Waals surface area (Å²) in [6.45, 7) is 0. The molecule has 0 N–H and O–H groups in total. The summed E-state index contributed by atoms with van der Waals surface area (Å²) < 4.78 is 10.4. The second-order valence-corrected chi connectivity index (χ2v) is 6.65. The summed E-state index contributed by atoms with van der Waals surface area (Å²) in [6, 6.07) is 12.6. The van der Waals surface area contributed by atoms with Crippen LogP contribution in [0, 0.1) is 0 Å². The average molecular weight is 386 g/mol. The number of allylic oxidation sites excluding steroid dienone is 1. The average Bonchev–Trinajstić information content (AvgIpc) is 3.15. The second kappa shape index (κ2) is 8.17. The van der Waals surface area contributed by atoms with Crippen molar-refractivity contribution in [1.29, 1.82) is 0 Å². The molecule has 1 aromatic heterocycles. The highest BCUT2D eigenvalue weighted by atomic mass is 35.5. The van der Waals surface area contributed by atoms with Crippen LogP contribution >= 0.6 is 22.9 Å². The van der Waals surface area contributed by atoms with Gasteiger partial charge in [0.1, 0.15) is 5.01 Å². The van der Waals surface area contributed by atoms with E-state index in [2.05, 4.69) is 4.98 Å². The van der Waals surface area contributed by atoms with Gasteiger partial charge >= 0.3 is 0 Å². The Kier molecular flexibility index (Phi) is 5.71. The zero-order chi connectivity index (χ0) is 18.5. The maximum Gasteiger partial charge on any atom is 0.186 e. The summed E-state index contributed by atoms with van der Waals surface area (Å²) >= 11 is 7.42. The van der Waals surface area contributed by atoms with Gasteiger partial charge < -0.3 is 9.47 Å². The van der Waals surface area contributed by atoms with Gasteiger partial charge in [-0.2, -0.15) is 0 Å². The fraction of sp³-hybridized carbons (Fsp3) is 0.100. The number of carbonyl (C=O) groups excluding carboxylic acids is 1. The predicted octanol–water partition coefficient (Wildman–Crippen LogP) is 5.38. The fourth-order valence-electron chi connectivity index (χ4n) is 2.33. The summed E-state index contributed by atoms with van der Waals surface area (Å²) in [7, 11) is 3.09. The molecule has 0 saturated heterocycles. The third kappa shape index (κ3) is 4.12. The molecule has 0 spiro atoms. The lowest BCUT2D eigenvalue weighted by molar-refractivity contribution is 0.104. The van der Waals surface area contributed by atoms with Crippen molar-refractivity contribution in [3.63, 3.8) is 0 Å². The van der Waals surface area contributed by atoms with Crippen molar-refractivity contribution in [2.24, 2.45) is 0 Å². The first-order valence-electron chi connectivity index (χ1n) is 7.76. The van der Waals surface area contributed by atoms with Crippen LogP contribution in [0.15, 0.2) is 53.9 Å². The van der Waals surface area contributed by atoms with Crippen molar-refractivity contribution in [1.82, 2.24) is 4.98 Å². The fourth-order valence-corrected chi connectivity index (χ4v) is 3.25. The molecule has 3 rings (SSSR count). The van der Waals surface area contributed by atoms with Crippen LogP contribution in [-0.4, -0.2) is 25.0 Å². The van der Waals surface area contributed by atoms with Crippen LogP contribution in [0.2, 0.25) is 5.02 Å². The Morgan fingerprint density at radius 2 is 1.81 bits per heavy atom. The molecule has 2 aromatic carbocycles. The Balaban J connectivity index is 1.76. The van der Waals surface area contributed by atoms with E-state index in [-0.39, 0.29) is 5.78 Å². The van der Waals surface area contributed by atoms with Crippen molar-refractivity contribution in [3.05, 3.63) is 70.2 Å². The van der Waals surface area contributed by atoms with Gasteiger partial charge in [-0.25, -0.2) is 4.98 Å². The van der Waals surface area contributed by atoms with Crippen molar-refractivity contribution >= 4 is 34.8 Å². The first-order chi connectivity index (χ1) is 12.6. The molecule has 0 aliphatic rings. The minimum absolute atomic E-state index is 0.132. The van der Waals surface area contributed by atoms with E-state index in [1.165, 1.54) is 24.5 Å². The molecule has 0 atom stereocenters. The standard InChI is InChI=1S/C20H16ClNO3S/c1-24-18-10-5-14(11-19(18)25-2)17(23)9-8-16-12-26-20(22-16)13-3-6-15(21)7-4-13/h3-12H,1-2H3/b9-8+. The first kappa shape index (κ1) is 18.2. The minimum Gasteiger partial charge on any atom is -0.493 e. The van der Waals surface area contributed by atoms with Gasteiger partial charge in [-0.1, -0.05) is 23.7 Å². The number of carbonyl (C=O) groups is 1. The van der Waals surface area contributed by atoms with E-state index in [1.807, 2.05) is 29.6 Å². The lowest BCUT2D eigenvalue weighted by Gasteiger charge is -2.07. The van der Waals surface area contributed by atoms with E-state index in [4.69, 9.17) is 21.1 Å². The molecule has 0 radical (unpaired) electrons. The van der Waals surface area contributed by atoms with Crippen LogP contribution in [0.5, 0.6) is 11.5 Å². The van der Waals surface area contributed by atoms with Gasteiger partial charge in [-0.05, 0) is 42.5 Å². The summed E-state index contributed by atoms with van der Waals surface area (Å²) in [5, 5.41) is 3.47. The number of methoxy groups -OCH3 is 2. The maximum absolute atomic E-state index is 12.4.